The second-order valence-corrected chi connectivity index (χ2v) is 4.92. The molecular weight excluding hydrogens is 244 g/mol. The summed E-state index contributed by atoms with van der Waals surface area (Å²) in [6.07, 6.45) is 1.11. The van der Waals surface area contributed by atoms with Gasteiger partial charge >= 0.3 is 0 Å². The van der Waals surface area contributed by atoms with Crippen molar-refractivity contribution in [1.29, 1.82) is 0 Å². The number of hydrogen-bond donors (Lipinski definition) is 2. The fourth-order valence-electron chi connectivity index (χ4n) is 2.05. The lowest BCUT2D eigenvalue weighted by atomic mass is 10.1. The molecule has 19 heavy (non-hydrogen) atoms. The number of nitrogens with zero attached hydrogens (tertiary/aromatic N) is 2. The molecule has 0 aliphatic rings. The maximum absolute atomic E-state index is 10.9. The monoisotopic (exact) mass is 266 g/mol. The van der Waals surface area contributed by atoms with E-state index < -0.39 is 4.92 Å². The number of para-hydroxylation sites is 1. The van der Waals surface area contributed by atoms with Crippen LogP contribution in [-0.4, -0.2) is 23.4 Å². The van der Waals surface area contributed by atoms with E-state index in [4.69, 9.17) is 5.84 Å². The highest BCUT2D eigenvalue weighted by Gasteiger charge is 2.17. The van der Waals surface area contributed by atoms with E-state index in [0.29, 0.717) is 18.2 Å². The summed E-state index contributed by atoms with van der Waals surface area (Å²) in [6, 6.07) is 4.99. The number of nitrogens with two attached hydrogens (primary N) is 1. The molecule has 0 aliphatic heterocycles. The molecule has 1 rings (SSSR count). The van der Waals surface area contributed by atoms with E-state index in [-0.39, 0.29) is 5.69 Å². The zero-order chi connectivity index (χ0) is 14.4. The van der Waals surface area contributed by atoms with E-state index in [0.717, 1.165) is 18.5 Å². The minimum Gasteiger partial charge on any atom is -0.318 e. The fourth-order valence-corrected chi connectivity index (χ4v) is 2.05. The van der Waals surface area contributed by atoms with Crippen molar-refractivity contribution in [1.82, 2.24) is 4.90 Å². The fraction of sp³-hybridized carbons (Fsp3) is 0.538. The van der Waals surface area contributed by atoms with Gasteiger partial charge in [0.2, 0.25) is 0 Å². The first-order valence-corrected chi connectivity index (χ1v) is 6.41. The van der Waals surface area contributed by atoms with Gasteiger partial charge in [-0.25, -0.2) is 0 Å². The minimum absolute atomic E-state index is 0.0111. The van der Waals surface area contributed by atoms with E-state index in [1.165, 1.54) is 6.07 Å². The van der Waals surface area contributed by atoms with E-state index in [2.05, 4.69) is 24.2 Å². The number of hydrogen-bond acceptors (Lipinski definition) is 5. The van der Waals surface area contributed by atoms with Crippen LogP contribution in [0.1, 0.15) is 25.8 Å². The minimum atomic E-state index is -0.423. The molecule has 6 nitrogen and oxygen atoms in total. The first kappa shape index (κ1) is 15.4. The Bertz CT molecular complexity index is 437. The molecule has 0 saturated heterocycles. The molecule has 0 amide bonds. The quantitative estimate of drug-likeness (QED) is 0.449. The third-order valence-corrected chi connectivity index (χ3v) is 3.23. The highest BCUT2D eigenvalue weighted by atomic mass is 16.6. The third-order valence-electron chi connectivity index (χ3n) is 3.23. The van der Waals surface area contributed by atoms with Crippen LogP contribution in [0, 0.1) is 16.0 Å². The molecule has 0 spiro atoms. The summed E-state index contributed by atoms with van der Waals surface area (Å²) >= 11 is 0. The Morgan fingerprint density at radius 2 is 2.21 bits per heavy atom. The lowest BCUT2D eigenvalue weighted by Gasteiger charge is -2.21. The lowest BCUT2D eigenvalue weighted by Crippen LogP contribution is -2.24. The van der Waals surface area contributed by atoms with Crippen LogP contribution in [0.3, 0.4) is 0 Å². The Morgan fingerprint density at radius 3 is 2.74 bits per heavy atom. The molecule has 0 aromatic heterocycles. The van der Waals surface area contributed by atoms with Crippen molar-refractivity contribution in [2.75, 3.05) is 19.0 Å². The number of benzene rings is 1. The number of nitro benzene ring substituents is 1. The van der Waals surface area contributed by atoms with Gasteiger partial charge in [0.1, 0.15) is 5.69 Å². The summed E-state index contributed by atoms with van der Waals surface area (Å²) in [5.41, 5.74) is 3.69. The molecule has 3 N–H and O–H groups in total. The molecule has 0 heterocycles. The van der Waals surface area contributed by atoms with Crippen LogP contribution in [0.4, 0.5) is 11.4 Å². The second kappa shape index (κ2) is 7.06. The number of anilines is 1. The maximum Gasteiger partial charge on any atom is 0.293 e. The second-order valence-electron chi connectivity index (χ2n) is 4.92. The van der Waals surface area contributed by atoms with Gasteiger partial charge in [-0.15, -0.1) is 0 Å². The Kier molecular flexibility index (Phi) is 5.72. The molecule has 1 aromatic rings. The smallest absolute Gasteiger partial charge is 0.293 e. The van der Waals surface area contributed by atoms with Gasteiger partial charge in [-0.2, -0.15) is 0 Å². The van der Waals surface area contributed by atoms with Crippen molar-refractivity contribution >= 4 is 11.4 Å². The van der Waals surface area contributed by atoms with Crippen molar-refractivity contribution in [3.8, 4) is 0 Å². The summed E-state index contributed by atoms with van der Waals surface area (Å²) < 4.78 is 0. The molecule has 0 aliphatic carbocycles. The van der Waals surface area contributed by atoms with Crippen LogP contribution in [0.15, 0.2) is 18.2 Å². The van der Waals surface area contributed by atoms with Crippen molar-refractivity contribution in [3.05, 3.63) is 33.9 Å². The van der Waals surface area contributed by atoms with E-state index in [1.807, 2.05) is 13.1 Å². The largest absolute Gasteiger partial charge is 0.318 e. The van der Waals surface area contributed by atoms with Gasteiger partial charge in [-0.3, -0.25) is 16.0 Å². The number of nitro groups is 1. The van der Waals surface area contributed by atoms with Crippen molar-refractivity contribution in [3.63, 3.8) is 0 Å². The molecule has 0 radical (unpaired) electrons. The van der Waals surface area contributed by atoms with Crippen molar-refractivity contribution in [2.45, 2.75) is 26.8 Å². The van der Waals surface area contributed by atoms with Gasteiger partial charge < -0.3 is 10.3 Å². The van der Waals surface area contributed by atoms with E-state index in [1.54, 1.807) is 6.07 Å². The average molecular weight is 266 g/mol. The summed E-state index contributed by atoms with van der Waals surface area (Å²) in [6.45, 7) is 5.92. The summed E-state index contributed by atoms with van der Waals surface area (Å²) in [7, 11) is 2.01. The van der Waals surface area contributed by atoms with Crippen LogP contribution in [0.5, 0.6) is 0 Å². The summed E-state index contributed by atoms with van der Waals surface area (Å²) in [4.78, 5) is 12.7. The first-order valence-electron chi connectivity index (χ1n) is 6.41. The Hall–Kier alpha value is -1.66. The summed E-state index contributed by atoms with van der Waals surface area (Å²) in [5, 5.41) is 10.9. The van der Waals surface area contributed by atoms with Crippen LogP contribution in [0.25, 0.3) is 0 Å². The predicted octanol–water partition coefficient (Wildman–Crippen LogP) is 2.36. The topological polar surface area (TPSA) is 84.4 Å². The molecule has 0 fully saturated rings. The highest BCUT2D eigenvalue weighted by Crippen LogP contribution is 2.28. The van der Waals surface area contributed by atoms with E-state index in [9.17, 15) is 10.1 Å². The zero-order valence-corrected chi connectivity index (χ0v) is 11.7. The Labute approximate surface area is 113 Å². The standard InChI is InChI=1S/C13H22N4O2/c1-4-10(2)8-16(3)9-11-6-5-7-12(17(18)19)13(11)15-14/h5-7,10,15H,4,8-9,14H2,1-3H3. The average Bonchev–Trinajstić information content (AvgIpc) is 2.37. The molecule has 6 heteroatoms. The van der Waals surface area contributed by atoms with Crippen molar-refractivity contribution < 1.29 is 4.92 Å². The van der Waals surface area contributed by atoms with Crippen LogP contribution < -0.4 is 11.3 Å². The lowest BCUT2D eigenvalue weighted by molar-refractivity contribution is -0.384. The third kappa shape index (κ3) is 4.18. The Balaban J connectivity index is 2.89. The Morgan fingerprint density at radius 1 is 1.53 bits per heavy atom. The molecule has 0 saturated carbocycles. The van der Waals surface area contributed by atoms with Gasteiger partial charge in [-0.05, 0) is 18.5 Å². The number of rotatable bonds is 7. The maximum atomic E-state index is 10.9. The number of nitrogens with one attached hydrogen (secondary N) is 1. The van der Waals surface area contributed by atoms with E-state index >= 15 is 0 Å². The normalized spacial score (nSPS) is 12.5. The molecule has 0 bridgehead atoms. The zero-order valence-electron chi connectivity index (χ0n) is 11.7. The molecule has 1 aromatic carbocycles. The van der Waals surface area contributed by atoms with Gasteiger partial charge in [0.25, 0.3) is 5.69 Å². The number of nitrogen functional groups attached to an aromatic ring is 1. The summed E-state index contributed by atoms with van der Waals surface area (Å²) in [5.74, 6) is 6.01. The van der Waals surface area contributed by atoms with Gasteiger partial charge in [0, 0.05) is 19.2 Å². The molecule has 106 valence electrons. The van der Waals surface area contributed by atoms with Crippen molar-refractivity contribution in [2.24, 2.45) is 11.8 Å². The predicted molar refractivity (Wildman–Crippen MR) is 76.7 cm³/mol. The van der Waals surface area contributed by atoms with Crippen LogP contribution in [0.2, 0.25) is 0 Å². The highest BCUT2D eigenvalue weighted by molar-refractivity contribution is 5.65. The number of hydrazine groups is 1. The molecule has 1 atom stereocenters. The van der Waals surface area contributed by atoms with Gasteiger partial charge in [-0.1, -0.05) is 32.4 Å². The van der Waals surface area contributed by atoms with Gasteiger partial charge in [0.05, 0.1) is 4.92 Å². The molecule has 1 unspecified atom stereocenters. The van der Waals surface area contributed by atoms with Crippen LogP contribution in [-0.2, 0) is 6.54 Å². The molecular formula is C13H22N4O2. The van der Waals surface area contributed by atoms with Crippen LogP contribution >= 0.6 is 0 Å². The first-order chi connectivity index (χ1) is 8.99. The SMILES string of the molecule is CCC(C)CN(C)Cc1cccc([N+](=O)[O-])c1NN. The van der Waals surface area contributed by atoms with Gasteiger partial charge in [0.15, 0.2) is 0 Å².